The van der Waals surface area contributed by atoms with Crippen LogP contribution in [0.25, 0.3) is 10.9 Å². The number of halogens is 1. The number of fused-ring (bicyclic) bond motifs is 1. The first-order valence-corrected chi connectivity index (χ1v) is 5.99. The second kappa shape index (κ2) is 3.85. The summed E-state index contributed by atoms with van der Waals surface area (Å²) in [6, 6.07) is 5.18. The van der Waals surface area contributed by atoms with E-state index in [1.165, 1.54) is 0 Å². The molecule has 3 rings (SSSR count). The zero-order valence-electron chi connectivity index (χ0n) is 9.31. The predicted molar refractivity (Wildman–Crippen MR) is 66.9 cm³/mol. The quantitative estimate of drug-likeness (QED) is 0.837. The number of aliphatic carboxylic acids is 1. The molecule has 0 radical (unpaired) electrons. The van der Waals surface area contributed by atoms with Crippen LogP contribution in [0.2, 0.25) is 5.02 Å². The third kappa shape index (κ3) is 1.69. The van der Waals surface area contributed by atoms with E-state index in [9.17, 15) is 9.59 Å². The van der Waals surface area contributed by atoms with Gasteiger partial charge in [0.1, 0.15) is 0 Å². The summed E-state index contributed by atoms with van der Waals surface area (Å²) in [4.78, 5) is 25.9. The summed E-state index contributed by atoms with van der Waals surface area (Å²) in [6.07, 6.45) is 2.18. The Morgan fingerprint density at radius 2 is 2.11 bits per heavy atom. The molecule has 0 amide bonds. The Hall–Kier alpha value is -1.81. The maximum Gasteiger partial charge on any atom is 0.307 e. The van der Waals surface area contributed by atoms with E-state index in [-0.39, 0.29) is 5.78 Å². The summed E-state index contributed by atoms with van der Waals surface area (Å²) in [5, 5.41) is 10.2. The molecule has 2 atom stereocenters. The number of carbonyl (C=O) groups is 2. The van der Waals surface area contributed by atoms with Crippen molar-refractivity contribution in [1.82, 2.24) is 4.98 Å². The monoisotopic (exact) mass is 263 g/mol. The molecule has 0 spiro atoms. The molecule has 2 aromatic rings. The Morgan fingerprint density at radius 3 is 2.78 bits per heavy atom. The molecule has 92 valence electrons. The highest BCUT2D eigenvalue weighted by molar-refractivity contribution is 6.35. The number of carboxylic acid groups (broad SMARTS) is 1. The van der Waals surface area contributed by atoms with Crippen molar-refractivity contribution in [3.8, 4) is 0 Å². The van der Waals surface area contributed by atoms with E-state index in [0.29, 0.717) is 17.0 Å². The van der Waals surface area contributed by atoms with Crippen LogP contribution in [-0.4, -0.2) is 21.8 Å². The van der Waals surface area contributed by atoms with Gasteiger partial charge in [-0.1, -0.05) is 11.6 Å². The molecule has 4 nitrogen and oxygen atoms in total. The molecule has 1 saturated carbocycles. The van der Waals surface area contributed by atoms with Crippen LogP contribution in [0.1, 0.15) is 16.8 Å². The van der Waals surface area contributed by atoms with Gasteiger partial charge < -0.3 is 10.1 Å². The highest BCUT2D eigenvalue weighted by Gasteiger charge is 2.48. The van der Waals surface area contributed by atoms with Crippen LogP contribution in [-0.2, 0) is 4.79 Å². The van der Waals surface area contributed by atoms with Gasteiger partial charge >= 0.3 is 5.97 Å². The molecule has 1 aliphatic carbocycles. The van der Waals surface area contributed by atoms with Gasteiger partial charge in [0.05, 0.1) is 16.5 Å². The van der Waals surface area contributed by atoms with E-state index in [0.717, 1.165) is 10.9 Å². The summed E-state index contributed by atoms with van der Waals surface area (Å²) in [7, 11) is 0. The molecule has 0 aliphatic heterocycles. The molecule has 1 heterocycles. The van der Waals surface area contributed by atoms with Crippen molar-refractivity contribution in [2.45, 2.75) is 6.42 Å². The summed E-state index contributed by atoms with van der Waals surface area (Å²) in [6.45, 7) is 0. The van der Waals surface area contributed by atoms with Crippen molar-refractivity contribution in [1.29, 1.82) is 0 Å². The fourth-order valence-electron chi connectivity index (χ4n) is 2.24. The molecule has 1 fully saturated rings. The number of rotatable bonds is 3. The second-order valence-corrected chi connectivity index (χ2v) is 4.96. The van der Waals surface area contributed by atoms with Gasteiger partial charge in [0.25, 0.3) is 0 Å². The number of benzene rings is 1. The number of hydrogen-bond acceptors (Lipinski definition) is 2. The zero-order chi connectivity index (χ0) is 12.9. The summed E-state index contributed by atoms with van der Waals surface area (Å²) >= 11 is 6.07. The maximum absolute atomic E-state index is 12.1. The summed E-state index contributed by atoms with van der Waals surface area (Å²) in [5.74, 6) is -1.96. The molecule has 1 aromatic heterocycles. The van der Waals surface area contributed by atoms with Crippen LogP contribution in [0, 0.1) is 11.8 Å². The minimum atomic E-state index is -0.901. The zero-order valence-corrected chi connectivity index (χ0v) is 10.1. The number of ketones is 1. The number of Topliss-reactive ketones (excluding diaryl/α,β-unsaturated/α-hetero) is 1. The third-order valence-corrected chi connectivity index (χ3v) is 3.64. The van der Waals surface area contributed by atoms with E-state index >= 15 is 0 Å². The molecular formula is C13H10ClNO3. The van der Waals surface area contributed by atoms with Gasteiger partial charge in [-0.15, -0.1) is 0 Å². The molecule has 2 N–H and O–H groups in total. The Labute approximate surface area is 108 Å². The molecule has 0 bridgehead atoms. The third-order valence-electron chi connectivity index (χ3n) is 3.34. The van der Waals surface area contributed by atoms with Crippen LogP contribution >= 0.6 is 11.6 Å². The Morgan fingerprint density at radius 1 is 1.33 bits per heavy atom. The van der Waals surface area contributed by atoms with E-state index in [4.69, 9.17) is 16.7 Å². The van der Waals surface area contributed by atoms with Gasteiger partial charge in [-0.05, 0) is 24.6 Å². The fourth-order valence-corrected chi connectivity index (χ4v) is 2.52. The first-order valence-electron chi connectivity index (χ1n) is 5.61. The Balaban J connectivity index is 1.95. The van der Waals surface area contributed by atoms with Gasteiger partial charge in [-0.25, -0.2) is 0 Å². The topological polar surface area (TPSA) is 70.2 Å². The second-order valence-electron chi connectivity index (χ2n) is 4.55. The average Bonchev–Trinajstić information content (AvgIpc) is 2.99. The predicted octanol–water partition coefficient (Wildman–Crippen LogP) is 2.72. The highest BCUT2D eigenvalue weighted by atomic mass is 35.5. The molecule has 18 heavy (non-hydrogen) atoms. The maximum atomic E-state index is 12.1. The van der Waals surface area contributed by atoms with Crippen LogP contribution in [0.15, 0.2) is 24.4 Å². The minimum absolute atomic E-state index is 0.132. The molecule has 0 unspecified atom stereocenters. The smallest absolute Gasteiger partial charge is 0.307 e. The number of carboxylic acids is 1. The van der Waals surface area contributed by atoms with Crippen molar-refractivity contribution in [3.63, 3.8) is 0 Å². The van der Waals surface area contributed by atoms with Crippen molar-refractivity contribution in [2.24, 2.45) is 11.8 Å². The number of aromatic amines is 1. The lowest BCUT2D eigenvalue weighted by Gasteiger charge is -2.02. The first-order chi connectivity index (χ1) is 8.58. The largest absolute Gasteiger partial charge is 0.481 e. The van der Waals surface area contributed by atoms with E-state index < -0.39 is 17.8 Å². The molecule has 1 aromatic carbocycles. The number of carbonyl (C=O) groups excluding carboxylic acids is 1. The lowest BCUT2D eigenvalue weighted by Crippen LogP contribution is -2.08. The highest BCUT2D eigenvalue weighted by Crippen LogP contribution is 2.41. The van der Waals surface area contributed by atoms with Crippen molar-refractivity contribution < 1.29 is 14.7 Å². The number of H-pyrrole nitrogens is 1. The first kappa shape index (κ1) is 11.3. The van der Waals surface area contributed by atoms with Crippen LogP contribution < -0.4 is 0 Å². The Bertz CT molecular complexity index is 661. The Kier molecular flexibility index (Phi) is 2.41. The fraction of sp³-hybridized carbons (Fsp3) is 0.231. The normalized spacial score (nSPS) is 22.1. The number of nitrogens with one attached hydrogen (secondary N) is 1. The van der Waals surface area contributed by atoms with Crippen LogP contribution in [0.5, 0.6) is 0 Å². The van der Waals surface area contributed by atoms with Gasteiger partial charge in [0, 0.05) is 23.1 Å². The number of aromatic nitrogens is 1. The minimum Gasteiger partial charge on any atom is -0.481 e. The van der Waals surface area contributed by atoms with Gasteiger partial charge in [0.2, 0.25) is 0 Å². The van der Waals surface area contributed by atoms with Crippen molar-refractivity contribution in [2.75, 3.05) is 0 Å². The van der Waals surface area contributed by atoms with E-state index in [2.05, 4.69) is 4.98 Å². The van der Waals surface area contributed by atoms with Crippen molar-refractivity contribution >= 4 is 34.3 Å². The lowest BCUT2D eigenvalue weighted by atomic mass is 10.0. The van der Waals surface area contributed by atoms with Crippen LogP contribution in [0.4, 0.5) is 0 Å². The van der Waals surface area contributed by atoms with Crippen LogP contribution in [0.3, 0.4) is 0 Å². The lowest BCUT2D eigenvalue weighted by molar-refractivity contribution is -0.138. The molecule has 0 saturated heterocycles. The number of hydrogen-bond donors (Lipinski definition) is 2. The summed E-state index contributed by atoms with van der Waals surface area (Å²) < 4.78 is 0. The standard InChI is InChI=1S/C13H10ClNO3/c14-10-4-7(3-6-1-2-15-11(6)10)12(16)8-5-9(8)13(17)18/h1-4,8-9,15H,5H2,(H,17,18)/t8-,9-/m0/s1. The van der Waals surface area contributed by atoms with Gasteiger partial charge in [-0.3, -0.25) is 9.59 Å². The SMILES string of the molecule is O=C(O)[C@H]1C[C@@H]1C(=O)c1cc(Cl)c2[nH]ccc2c1. The molecule has 1 aliphatic rings. The van der Waals surface area contributed by atoms with E-state index in [1.807, 2.05) is 6.07 Å². The van der Waals surface area contributed by atoms with Crippen molar-refractivity contribution in [3.05, 3.63) is 35.0 Å². The summed E-state index contributed by atoms with van der Waals surface area (Å²) in [5.41, 5.74) is 1.28. The van der Waals surface area contributed by atoms with E-state index in [1.54, 1.807) is 18.3 Å². The average molecular weight is 264 g/mol. The molecule has 5 heteroatoms. The van der Waals surface area contributed by atoms with Gasteiger partial charge in [0.15, 0.2) is 5.78 Å². The van der Waals surface area contributed by atoms with Gasteiger partial charge in [-0.2, -0.15) is 0 Å². The molecular weight excluding hydrogens is 254 g/mol.